The number of nitrogens with zero attached hydrogens (tertiary/aromatic N) is 1. The lowest BCUT2D eigenvalue weighted by molar-refractivity contribution is -0.114. The van der Waals surface area contributed by atoms with Gasteiger partial charge in [0.2, 0.25) is 11.8 Å². The van der Waals surface area contributed by atoms with Gasteiger partial charge in [-0.2, -0.15) is 0 Å². The van der Waals surface area contributed by atoms with E-state index in [1.54, 1.807) is 31.2 Å². The Morgan fingerprint density at radius 3 is 2.60 bits per heavy atom. The molecule has 0 saturated heterocycles. The SMILES string of the molecule is COC(=O)c1cccc(NCC(=O)Nc2cc(C(C)(C)C)no2)c1C. The van der Waals surface area contributed by atoms with Crippen molar-refractivity contribution < 1.29 is 18.8 Å². The van der Waals surface area contributed by atoms with Crippen LogP contribution in [0.25, 0.3) is 0 Å². The van der Waals surface area contributed by atoms with Gasteiger partial charge in [-0.05, 0) is 24.6 Å². The molecule has 0 fully saturated rings. The Balaban J connectivity index is 1.99. The van der Waals surface area contributed by atoms with E-state index in [0.29, 0.717) is 17.1 Å². The number of ether oxygens (including phenoxy) is 1. The standard InChI is InChI=1S/C18H23N3O4/c1-11-12(17(23)24-5)7-6-8-13(11)19-10-15(22)20-16-9-14(21-25-16)18(2,3)4/h6-9,19H,10H2,1-5H3,(H,20,22). The molecule has 0 atom stereocenters. The molecule has 1 heterocycles. The van der Waals surface area contributed by atoms with Crippen molar-refractivity contribution in [1.29, 1.82) is 0 Å². The number of methoxy groups -OCH3 is 1. The monoisotopic (exact) mass is 345 g/mol. The van der Waals surface area contributed by atoms with Gasteiger partial charge in [0.15, 0.2) is 0 Å². The molecule has 0 aliphatic rings. The van der Waals surface area contributed by atoms with E-state index in [2.05, 4.69) is 15.8 Å². The molecule has 7 heteroatoms. The highest BCUT2D eigenvalue weighted by molar-refractivity contribution is 5.94. The average Bonchev–Trinajstić information content (AvgIpc) is 3.02. The number of anilines is 2. The maximum absolute atomic E-state index is 12.1. The normalized spacial score (nSPS) is 11.1. The summed E-state index contributed by atoms with van der Waals surface area (Å²) in [5.74, 6) is -0.391. The summed E-state index contributed by atoms with van der Waals surface area (Å²) >= 11 is 0. The number of carbonyl (C=O) groups is 2. The summed E-state index contributed by atoms with van der Waals surface area (Å²) in [5, 5.41) is 9.61. The van der Waals surface area contributed by atoms with E-state index in [4.69, 9.17) is 9.26 Å². The van der Waals surface area contributed by atoms with E-state index < -0.39 is 5.97 Å². The second kappa shape index (κ2) is 7.38. The summed E-state index contributed by atoms with van der Waals surface area (Å²) < 4.78 is 9.87. The topological polar surface area (TPSA) is 93.5 Å². The van der Waals surface area contributed by atoms with Gasteiger partial charge in [0.1, 0.15) is 0 Å². The summed E-state index contributed by atoms with van der Waals surface area (Å²) in [6.07, 6.45) is 0. The molecule has 2 rings (SSSR count). The Labute approximate surface area is 146 Å². The number of nitrogens with one attached hydrogen (secondary N) is 2. The summed E-state index contributed by atoms with van der Waals surface area (Å²) in [7, 11) is 1.33. The fourth-order valence-corrected chi connectivity index (χ4v) is 2.20. The predicted molar refractivity (Wildman–Crippen MR) is 94.8 cm³/mol. The molecule has 0 spiro atoms. The van der Waals surface area contributed by atoms with Crippen molar-refractivity contribution in [2.24, 2.45) is 0 Å². The minimum absolute atomic E-state index is 0.0248. The summed E-state index contributed by atoms with van der Waals surface area (Å²) in [5.41, 5.74) is 2.47. The third-order valence-electron chi connectivity index (χ3n) is 3.72. The molecule has 2 aromatic rings. The maximum Gasteiger partial charge on any atom is 0.338 e. The summed E-state index contributed by atoms with van der Waals surface area (Å²) in [4.78, 5) is 23.8. The molecule has 1 aromatic carbocycles. The van der Waals surface area contributed by atoms with Crippen molar-refractivity contribution in [3.05, 3.63) is 41.1 Å². The Morgan fingerprint density at radius 1 is 1.28 bits per heavy atom. The highest BCUT2D eigenvalue weighted by Crippen LogP contribution is 2.23. The van der Waals surface area contributed by atoms with Crippen LogP contribution in [0.15, 0.2) is 28.8 Å². The molecule has 0 unspecified atom stereocenters. The molecule has 0 aliphatic heterocycles. The van der Waals surface area contributed by atoms with Gasteiger partial charge < -0.3 is 14.6 Å². The van der Waals surface area contributed by atoms with Gasteiger partial charge in [-0.3, -0.25) is 10.1 Å². The third kappa shape index (κ3) is 4.59. The van der Waals surface area contributed by atoms with Gasteiger partial charge in [0.05, 0.1) is 24.9 Å². The first kappa shape index (κ1) is 18.5. The molecule has 7 nitrogen and oxygen atoms in total. The second-order valence-corrected chi connectivity index (χ2v) is 6.70. The van der Waals surface area contributed by atoms with Gasteiger partial charge in [0.25, 0.3) is 0 Å². The fraction of sp³-hybridized carbons (Fsp3) is 0.389. The van der Waals surface area contributed by atoms with Crippen LogP contribution in [-0.4, -0.2) is 30.7 Å². The largest absolute Gasteiger partial charge is 0.465 e. The molecular formula is C18H23N3O4. The number of benzene rings is 1. The van der Waals surface area contributed by atoms with E-state index in [1.165, 1.54) is 7.11 Å². The van der Waals surface area contributed by atoms with E-state index in [1.807, 2.05) is 20.8 Å². The molecule has 0 bridgehead atoms. The lowest BCUT2D eigenvalue weighted by atomic mass is 9.92. The number of hydrogen-bond acceptors (Lipinski definition) is 6. The Kier molecular flexibility index (Phi) is 5.46. The quantitative estimate of drug-likeness (QED) is 0.809. The van der Waals surface area contributed by atoms with Gasteiger partial charge in [-0.1, -0.05) is 32.0 Å². The lowest BCUT2D eigenvalue weighted by Crippen LogP contribution is -2.22. The minimum atomic E-state index is -0.415. The number of aromatic nitrogens is 1. The predicted octanol–water partition coefficient (Wildman–Crippen LogP) is 3.12. The van der Waals surface area contributed by atoms with E-state index >= 15 is 0 Å². The van der Waals surface area contributed by atoms with E-state index in [0.717, 1.165) is 11.3 Å². The molecule has 2 N–H and O–H groups in total. The smallest absolute Gasteiger partial charge is 0.338 e. The van der Waals surface area contributed by atoms with E-state index in [9.17, 15) is 9.59 Å². The van der Waals surface area contributed by atoms with Crippen molar-refractivity contribution >= 4 is 23.4 Å². The Bertz CT molecular complexity index is 775. The maximum atomic E-state index is 12.1. The van der Waals surface area contributed by atoms with Crippen LogP contribution in [0.4, 0.5) is 11.6 Å². The van der Waals surface area contributed by atoms with Gasteiger partial charge in [0, 0.05) is 17.2 Å². The van der Waals surface area contributed by atoms with Gasteiger partial charge >= 0.3 is 5.97 Å². The van der Waals surface area contributed by atoms with Gasteiger partial charge in [-0.15, -0.1) is 0 Å². The zero-order valence-electron chi connectivity index (χ0n) is 15.1. The van der Waals surface area contributed by atoms with Crippen LogP contribution in [0.3, 0.4) is 0 Å². The lowest BCUT2D eigenvalue weighted by Gasteiger charge is -2.12. The van der Waals surface area contributed by atoms with Gasteiger partial charge in [-0.25, -0.2) is 4.79 Å². The van der Waals surface area contributed by atoms with Crippen LogP contribution in [0.2, 0.25) is 0 Å². The molecule has 25 heavy (non-hydrogen) atoms. The van der Waals surface area contributed by atoms with Crippen LogP contribution in [0, 0.1) is 6.92 Å². The zero-order valence-corrected chi connectivity index (χ0v) is 15.1. The summed E-state index contributed by atoms with van der Waals surface area (Å²) in [6.45, 7) is 7.84. The Morgan fingerprint density at radius 2 is 2.00 bits per heavy atom. The number of hydrogen-bond donors (Lipinski definition) is 2. The van der Waals surface area contributed by atoms with Crippen molar-refractivity contribution in [3.8, 4) is 0 Å². The van der Waals surface area contributed by atoms with Crippen LogP contribution in [-0.2, 0) is 14.9 Å². The molecule has 1 aromatic heterocycles. The number of amides is 1. The molecule has 134 valence electrons. The first-order chi connectivity index (χ1) is 11.7. The highest BCUT2D eigenvalue weighted by atomic mass is 16.5. The van der Waals surface area contributed by atoms with Crippen molar-refractivity contribution in [1.82, 2.24) is 5.16 Å². The van der Waals surface area contributed by atoms with E-state index in [-0.39, 0.29) is 17.9 Å². The van der Waals surface area contributed by atoms with Crippen LogP contribution in [0.5, 0.6) is 0 Å². The van der Waals surface area contributed by atoms with Crippen LogP contribution < -0.4 is 10.6 Å². The highest BCUT2D eigenvalue weighted by Gasteiger charge is 2.19. The average molecular weight is 345 g/mol. The van der Waals surface area contributed by atoms with Crippen molar-refractivity contribution in [3.63, 3.8) is 0 Å². The fourth-order valence-electron chi connectivity index (χ4n) is 2.20. The Hall–Kier alpha value is -2.83. The molecule has 0 radical (unpaired) electrons. The van der Waals surface area contributed by atoms with Crippen LogP contribution >= 0.6 is 0 Å². The third-order valence-corrected chi connectivity index (χ3v) is 3.72. The number of esters is 1. The molecule has 0 aliphatic carbocycles. The molecular weight excluding hydrogens is 322 g/mol. The first-order valence-electron chi connectivity index (χ1n) is 7.91. The van der Waals surface area contributed by atoms with Crippen molar-refractivity contribution in [2.45, 2.75) is 33.1 Å². The number of carbonyl (C=O) groups excluding carboxylic acids is 2. The molecule has 0 saturated carbocycles. The summed E-state index contributed by atoms with van der Waals surface area (Å²) in [6, 6.07) is 6.91. The van der Waals surface area contributed by atoms with Crippen LogP contribution in [0.1, 0.15) is 42.4 Å². The second-order valence-electron chi connectivity index (χ2n) is 6.70. The minimum Gasteiger partial charge on any atom is -0.465 e. The first-order valence-corrected chi connectivity index (χ1v) is 7.91. The number of rotatable bonds is 5. The zero-order chi connectivity index (χ0) is 18.6. The van der Waals surface area contributed by atoms with Crippen molar-refractivity contribution in [2.75, 3.05) is 24.3 Å². The molecule has 1 amide bonds.